The molecular weight excluding hydrogens is 438 g/mol. The van der Waals surface area contributed by atoms with Gasteiger partial charge in [-0.3, -0.25) is 0 Å². The molecule has 3 nitrogen and oxygen atoms in total. The number of aromatic carboxylic acids is 1. The van der Waals surface area contributed by atoms with Gasteiger partial charge in [-0.15, -0.1) is 11.3 Å². The van der Waals surface area contributed by atoms with Crippen LogP contribution >= 0.6 is 23.3 Å². The maximum absolute atomic E-state index is 13.5. The Labute approximate surface area is 177 Å². The van der Waals surface area contributed by atoms with Crippen LogP contribution in [-0.2, 0) is 6.18 Å². The molecule has 0 atom stereocenters. The number of carboxylic acids is 1. The van der Waals surface area contributed by atoms with Crippen molar-refractivity contribution < 1.29 is 27.5 Å². The van der Waals surface area contributed by atoms with E-state index in [0.717, 1.165) is 53.8 Å². The van der Waals surface area contributed by atoms with Gasteiger partial charge in [-0.05, 0) is 72.7 Å². The van der Waals surface area contributed by atoms with E-state index >= 15 is 0 Å². The zero-order chi connectivity index (χ0) is 21.5. The fourth-order valence-electron chi connectivity index (χ4n) is 3.08. The monoisotopic (exact) mass is 453 g/mol. The summed E-state index contributed by atoms with van der Waals surface area (Å²) in [5.74, 6) is -0.752. The zero-order valence-electron chi connectivity index (χ0n) is 15.3. The number of hydrogen-bond donors (Lipinski definition) is 2. The van der Waals surface area contributed by atoms with Gasteiger partial charge in [0.1, 0.15) is 0 Å². The summed E-state index contributed by atoms with van der Waals surface area (Å²) in [6.07, 6.45) is -2.55. The third-order valence-corrected chi connectivity index (χ3v) is 6.54. The molecule has 1 aliphatic rings. The van der Waals surface area contributed by atoms with Crippen LogP contribution in [0.5, 0.6) is 0 Å². The van der Waals surface area contributed by atoms with Gasteiger partial charge in [0, 0.05) is 15.3 Å². The minimum absolute atomic E-state index is 0.105. The number of thiophene rings is 1. The Morgan fingerprint density at radius 2 is 1.87 bits per heavy atom. The molecule has 1 aromatic heterocycles. The van der Waals surface area contributed by atoms with Gasteiger partial charge >= 0.3 is 12.1 Å². The summed E-state index contributed by atoms with van der Waals surface area (Å²) < 4.78 is 56.1. The first-order valence-electron chi connectivity index (χ1n) is 8.99. The molecule has 0 amide bonds. The third kappa shape index (κ3) is 4.46. The largest absolute Gasteiger partial charge is 0.478 e. The molecule has 2 N–H and O–H groups in total. The summed E-state index contributed by atoms with van der Waals surface area (Å²) in [6.45, 7) is 0. The number of rotatable bonds is 6. The highest BCUT2D eigenvalue weighted by molar-refractivity contribution is 8.00. The number of benzene rings is 2. The van der Waals surface area contributed by atoms with Gasteiger partial charge in [0.15, 0.2) is 5.13 Å². The van der Waals surface area contributed by atoms with Crippen LogP contribution in [0.2, 0.25) is 0 Å². The fraction of sp³-hybridized carbons (Fsp3) is 0.190. The van der Waals surface area contributed by atoms with E-state index in [4.69, 9.17) is 0 Å². The van der Waals surface area contributed by atoms with E-state index in [1.165, 1.54) is 30.3 Å². The Morgan fingerprint density at radius 3 is 2.47 bits per heavy atom. The molecule has 0 unspecified atom stereocenters. The van der Waals surface area contributed by atoms with E-state index in [1.807, 2.05) is 0 Å². The number of carboxylic acid groups (broad SMARTS) is 1. The first-order chi connectivity index (χ1) is 14.2. The average Bonchev–Trinajstić information content (AvgIpc) is 3.45. The van der Waals surface area contributed by atoms with Crippen LogP contribution in [0.25, 0.3) is 10.4 Å². The highest BCUT2D eigenvalue weighted by Crippen LogP contribution is 2.45. The van der Waals surface area contributed by atoms with Gasteiger partial charge in [-0.25, -0.2) is 4.79 Å². The Balaban J connectivity index is 1.70. The second kappa shape index (κ2) is 7.96. The van der Waals surface area contributed by atoms with Crippen molar-refractivity contribution in [3.63, 3.8) is 0 Å². The minimum Gasteiger partial charge on any atom is -0.478 e. The lowest BCUT2D eigenvalue weighted by atomic mass is 10.1. The molecule has 0 spiro atoms. The van der Waals surface area contributed by atoms with E-state index in [2.05, 4.69) is 4.72 Å². The van der Waals surface area contributed by atoms with Crippen molar-refractivity contribution in [1.82, 2.24) is 0 Å². The Kier molecular flexibility index (Phi) is 5.50. The van der Waals surface area contributed by atoms with Crippen LogP contribution in [-0.4, -0.2) is 11.1 Å². The standard InChI is InChI=1S/C21H15F4NO2S2/c22-19-8-7-17(29-19)15-6-4-13(21(23,24)25)10-16(15)26-30-18-9-12(20(27)28)3-5-14(18)11-1-2-11/h3-11,26H,1-2H2,(H,27,28). The van der Waals surface area contributed by atoms with Gasteiger partial charge in [0.25, 0.3) is 0 Å². The summed E-state index contributed by atoms with van der Waals surface area (Å²) in [6, 6.07) is 10.8. The molecule has 0 aliphatic heterocycles. The molecule has 3 aromatic rings. The van der Waals surface area contributed by atoms with Crippen molar-refractivity contribution in [2.75, 3.05) is 4.72 Å². The lowest BCUT2D eigenvalue weighted by molar-refractivity contribution is -0.137. The molecule has 2 aromatic carbocycles. The molecule has 156 valence electrons. The van der Waals surface area contributed by atoms with E-state index in [9.17, 15) is 27.5 Å². The quantitative estimate of drug-likeness (QED) is 0.304. The second-order valence-corrected chi connectivity index (χ2v) is 8.78. The summed E-state index contributed by atoms with van der Waals surface area (Å²) >= 11 is 1.90. The predicted octanol–water partition coefficient (Wildman–Crippen LogP) is 7.27. The molecule has 1 heterocycles. The van der Waals surface area contributed by atoms with Crippen LogP contribution in [0.1, 0.15) is 40.2 Å². The number of halogens is 4. The van der Waals surface area contributed by atoms with Crippen LogP contribution in [0, 0.1) is 5.13 Å². The van der Waals surface area contributed by atoms with E-state index in [1.54, 1.807) is 6.07 Å². The zero-order valence-corrected chi connectivity index (χ0v) is 16.9. The van der Waals surface area contributed by atoms with E-state index in [-0.39, 0.29) is 11.3 Å². The smallest absolute Gasteiger partial charge is 0.416 e. The van der Waals surface area contributed by atoms with Crippen molar-refractivity contribution in [1.29, 1.82) is 0 Å². The number of anilines is 1. The van der Waals surface area contributed by atoms with Crippen molar-refractivity contribution in [2.24, 2.45) is 0 Å². The highest BCUT2D eigenvalue weighted by atomic mass is 32.2. The highest BCUT2D eigenvalue weighted by Gasteiger charge is 2.31. The molecule has 0 saturated heterocycles. The van der Waals surface area contributed by atoms with Crippen LogP contribution in [0.4, 0.5) is 23.2 Å². The van der Waals surface area contributed by atoms with Gasteiger partial charge in [0.05, 0.1) is 16.8 Å². The molecule has 30 heavy (non-hydrogen) atoms. The molecule has 1 saturated carbocycles. The van der Waals surface area contributed by atoms with E-state index < -0.39 is 22.8 Å². The summed E-state index contributed by atoms with van der Waals surface area (Å²) in [4.78, 5) is 12.5. The number of alkyl halides is 3. The van der Waals surface area contributed by atoms with Crippen LogP contribution in [0.15, 0.2) is 53.4 Å². The van der Waals surface area contributed by atoms with Crippen LogP contribution < -0.4 is 4.72 Å². The lowest BCUT2D eigenvalue weighted by Crippen LogP contribution is -2.06. The van der Waals surface area contributed by atoms with Gasteiger partial charge < -0.3 is 9.83 Å². The van der Waals surface area contributed by atoms with E-state index in [0.29, 0.717) is 21.3 Å². The number of hydrogen-bond acceptors (Lipinski definition) is 4. The molecule has 4 rings (SSSR count). The van der Waals surface area contributed by atoms with Crippen molar-refractivity contribution >= 4 is 34.9 Å². The first-order valence-corrected chi connectivity index (χ1v) is 10.6. The SMILES string of the molecule is O=C(O)c1ccc(C2CC2)c(SNc2cc(C(F)(F)F)ccc2-c2ccc(F)s2)c1. The second-order valence-electron chi connectivity index (χ2n) is 6.90. The third-order valence-electron chi connectivity index (χ3n) is 4.73. The summed E-state index contributed by atoms with van der Waals surface area (Å²) in [7, 11) is 0. The normalized spacial score (nSPS) is 14.0. The predicted molar refractivity (Wildman–Crippen MR) is 110 cm³/mol. The van der Waals surface area contributed by atoms with Gasteiger partial charge in [-0.1, -0.05) is 12.1 Å². The van der Waals surface area contributed by atoms with Crippen molar-refractivity contribution in [2.45, 2.75) is 29.8 Å². The number of carbonyl (C=O) groups is 1. The Hall–Kier alpha value is -2.52. The maximum Gasteiger partial charge on any atom is 0.416 e. The van der Waals surface area contributed by atoms with Crippen molar-refractivity contribution in [3.05, 3.63) is 70.4 Å². The Bertz CT molecular complexity index is 1110. The summed E-state index contributed by atoms with van der Waals surface area (Å²) in [5.41, 5.74) is 0.862. The van der Waals surface area contributed by atoms with Gasteiger partial charge in [-0.2, -0.15) is 17.6 Å². The molecule has 1 fully saturated rings. The van der Waals surface area contributed by atoms with Crippen molar-refractivity contribution in [3.8, 4) is 10.4 Å². The number of nitrogens with one attached hydrogen (secondary N) is 1. The molecule has 1 aliphatic carbocycles. The molecule has 9 heteroatoms. The summed E-state index contributed by atoms with van der Waals surface area (Å²) in [5, 5.41) is 8.84. The molecule has 0 radical (unpaired) electrons. The Morgan fingerprint density at radius 1 is 1.10 bits per heavy atom. The minimum atomic E-state index is -4.53. The molecule has 0 bridgehead atoms. The maximum atomic E-state index is 13.5. The molecular formula is C21H15F4NO2S2. The fourth-order valence-corrected chi connectivity index (χ4v) is 4.77. The van der Waals surface area contributed by atoms with Crippen LogP contribution in [0.3, 0.4) is 0 Å². The average molecular weight is 453 g/mol. The lowest BCUT2D eigenvalue weighted by Gasteiger charge is -2.16. The topological polar surface area (TPSA) is 49.3 Å². The van der Waals surface area contributed by atoms with Gasteiger partial charge in [0.2, 0.25) is 0 Å². The first kappa shape index (κ1) is 20.7.